The molecule has 0 radical (unpaired) electrons. The Hall–Kier alpha value is -1.84. The molecule has 28 heavy (non-hydrogen) atoms. The predicted octanol–water partition coefficient (Wildman–Crippen LogP) is 3.34. The molecule has 1 saturated carbocycles. The third-order valence-corrected chi connectivity index (χ3v) is 23.0. The number of aliphatic hydroxyl groups excluding tert-OH is 1. The van der Waals surface area contributed by atoms with Crippen molar-refractivity contribution in [1.82, 2.24) is 0 Å². The number of hydrogen-bond acceptors (Lipinski definition) is 1. The Morgan fingerprint density at radius 1 is 0.643 bits per heavy atom. The van der Waals surface area contributed by atoms with Gasteiger partial charge in [0.05, 0.1) is 0 Å². The average Bonchev–Trinajstić information content (AvgIpc) is 3.39. The van der Waals surface area contributed by atoms with Gasteiger partial charge in [0.1, 0.15) is 0 Å². The van der Waals surface area contributed by atoms with E-state index in [1.165, 1.54) is 17.2 Å². The van der Waals surface area contributed by atoms with E-state index in [0.717, 1.165) is 0 Å². The summed E-state index contributed by atoms with van der Waals surface area (Å²) >= 11 is -3.40. The van der Waals surface area contributed by atoms with Crippen molar-refractivity contribution in [3.8, 4) is 0 Å². The number of allylic oxidation sites excluding steroid dienone is 2. The maximum atomic E-state index is 10.5. The zero-order chi connectivity index (χ0) is 19.0. The van der Waals surface area contributed by atoms with Gasteiger partial charge in [-0.15, -0.1) is 0 Å². The van der Waals surface area contributed by atoms with Gasteiger partial charge in [0.15, 0.2) is 0 Å². The van der Waals surface area contributed by atoms with Crippen LogP contribution in [0.2, 0.25) is 3.93 Å². The van der Waals surface area contributed by atoms with Gasteiger partial charge in [-0.25, -0.2) is 0 Å². The molecule has 4 atom stereocenters. The van der Waals surface area contributed by atoms with Gasteiger partial charge in [0.2, 0.25) is 0 Å². The van der Waals surface area contributed by atoms with Crippen LogP contribution >= 0.6 is 0 Å². The van der Waals surface area contributed by atoms with Gasteiger partial charge in [-0.2, -0.15) is 0 Å². The topological polar surface area (TPSA) is 20.2 Å². The van der Waals surface area contributed by atoms with Crippen LogP contribution in [0.25, 0.3) is 0 Å². The van der Waals surface area contributed by atoms with Crippen LogP contribution in [-0.2, 0) is 0 Å². The monoisotopic (exact) mass is 474 g/mol. The molecule has 0 amide bonds. The molecule has 140 valence electrons. The van der Waals surface area contributed by atoms with E-state index < -0.39 is 18.4 Å². The summed E-state index contributed by atoms with van der Waals surface area (Å²) in [5, 5.41) is 10.5. The van der Waals surface area contributed by atoms with Crippen molar-refractivity contribution in [3.05, 3.63) is 103 Å². The van der Waals surface area contributed by atoms with Gasteiger partial charge in [0, 0.05) is 0 Å². The Morgan fingerprint density at radius 3 is 1.50 bits per heavy atom. The van der Waals surface area contributed by atoms with Crippen LogP contribution in [0.4, 0.5) is 0 Å². The summed E-state index contributed by atoms with van der Waals surface area (Å²) in [5.74, 6) is 1.48. The Labute approximate surface area is 171 Å². The summed E-state index contributed by atoms with van der Waals surface area (Å²) in [6.07, 6.45) is 6.04. The van der Waals surface area contributed by atoms with Crippen molar-refractivity contribution in [1.29, 1.82) is 0 Å². The van der Waals surface area contributed by atoms with E-state index in [-0.39, 0.29) is 0 Å². The van der Waals surface area contributed by atoms with Gasteiger partial charge in [-0.05, 0) is 0 Å². The Bertz CT molecular complexity index is 855. The summed E-state index contributed by atoms with van der Waals surface area (Å²) in [6, 6.07) is 33.7. The van der Waals surface area contributed by atoms with Crippen molar-refractivity contribution in [2.24, 2.45) is 17.8 Å². The van der Waals surface area contributed by atoms with Crippen LogP contribution in [0.1, 0.15) is 6.42 Å². The van der Waals surface area contributed by atoms with Gasteiger partial charge in [-0.3, -0.25) is 0 Å². The van der Waals surface area contributed by atoms with Crippen LogP contribution in [0.5, 0.6) is 0 Å². The second-order valence-electron chi connectivity index (χ2n) is 8.23. The van der Waals surface area contributed by atoms with Gasteiger partial charge in [-0.1, -0.05) is 0 Å². The molecule has 5 rings (SSSR count). The van der Waals surface area contributed by atoms with E-state index in [9.17, 15) is 5.11 Å². The van der Waals surface area contributed by atoms with Crippen molar-refractivity contribution >= 4 is 29.1 Å². The molecule has 3 aromatic rings. The first-order chi connectivity index (χ1) is 13.9. The van der Waals surface area contributed by atoms with Crippen LogP contribution in [-0.4, -0.2) is 30.1 Å². The third-order valence-electron chi connectivity index (χ3n) is 7.02. The quantitative estimate of drug-likeness (QED) is 0.446. The fraction of sp³-hybridized carbons (Fsp3) is 0.231. The molecule has 3 aromatic carbocycles. The second-order valence-corrected chi connectivity index (χ2v) is 19.7. The Balaban J connectivity index is 1.85. The summed E-state index contributed by atoms with van der Waals surface area (Å²) < 4.78 is 5.12. The van der Waals surface area contributed by atoms with E-state index in [1.54, 1.807) is 0 Å². The molecule has 0 saturated heterocycles. The molecular formula is C26H26OSn. The minimum atomic E-state index is -3.40. The molecule has 0 aliphatic heterocycles. The fourth-order valence-electron chi connectivity index (χ4n) is 6.00. The zero-order valence-corrected chi connectivity index (χ0v) is 18.8. The average molecular weight is 473 g/mol. The van der Waals surface area contributed by atoms with E-state index >= 15 is 0 Å². The first-order valence-corrected chi connectivity index (χ1v) is 16.2. The number of benzene rings is 3. The minimum absolute atomic E-state index is 0.293. The molecule has 2 aliphatic carbocycles. The standard InChI is InChI=1S/C8H11O.3C6H5.Sn/c9-5-8-4-6-1-2-7(8)3-6;3*1-2-4-6-5-3-1;/h1-2,4,6-9H,3,5H2;3*1-5H;/t6-,7+,8+;;;;/m1..../s1. The van der Waals surface area contributed by atoms with Crippen molar-refractivity contribution < 1.29 is 5.11 Å². The molecule has 1 fully saturated rings. The number of fused-ring (bicyclic) bond motifs is 2. The predicted molar refractivity (Wildman–Crippen MR) is 119 cm³/mol. The van der Waals surface area contributed by atoms with Gasteiger partial charge in [0.25, 0.3) is 0 Å². The fourth-order valence-corrected chi connectivity index (χ4v) is 23.7. The van der Waals surface area contributed by atoms with Crippen molar-refractivity contribution in [3.63, 3.8) is 0 Å². The Morgan fingerprint density at radius 2 is 1.07 bits per heavy atom. The first kappa shape index (κ1) is 18.2. The summed E-state index contributed by atoms with van der Waals surface area (Å²) in [5.41, 5.74) is 0. The molecule has 0 unspecified atom stereocenters. The molecule has 1 N–H and O–H groups in total. The van der Waals surface area contributed by atoms with E-state index in [0.29, 0.717) is 28.3 Å². The second kappa shape index (κ2) is 7.53. The molecule has 0 heterocycles. The van der Waals surface area contributed by atoms with Crippen molar-refractivity contribution in [2.45, 2.75) is 10.4 Å². The van der Waals surface area contributed by atoms with Gasteiger partial charge >= 0.3 is 172 Å². The van der Waals surface area contributed by atoms with Crippen molar-refractivity contribution in [2.75, 3.05) is 6.61 Å². The van der Waals surface area contributed by atoms with Crippen LogP contribution < -0.4 is 10.7 Å². The number of hydrogen-bond donors (Lipinski definition) is 1. The Kier molecular flexibility index (Phi) is 4.90. The molecule has 2 bridgehead atoms. The van der Waals surface area contributed by atoms with Crippen LogP contribution in [0, 0.1) is 17.8 Å². The number of aliphatic hydroxyl groups is 1. The molecule has 0 aromatic heterocycles. The third kappa shape index (κ3) is 2.71. The van der Waals surface area contributed by atoms with Crippen LogP contribution in [0.3, 0.4) is 0 Å². The molecular weight excluding hydrogens is 447 g/mol. The van der Waals surface area contributed by atoms with E-state index in [1.807, 2.05) is 0 Å². The summed E-state index contributed by atoms with van der Waals surface area (Å²) in [4.78, 5) is 0. The normalized spacial score (nSPS) is 25.9. The zero-order valence-electron chi connectivity index (χ0n) is 16.0. The van der Waals surface area contributed by atoms with E-state index in [4.69, 9.17) is 0 Å². The molecule has 1 nitrogen and oxygen atoms in total. The maximum absolute atomic E-state index is 10.5. The first-order valence-electron chi connectivity index (χ1n) is 10.3. The van der Waals surface area contributed by atoms with Crippen LogP contribution in [0.15, 0.2) is 103 Å². The van der Waals surface area contributed by atoms with Gasteiger partial charge < -0.3 is 0 Å². The molecule has 2 heteroatoms. The molecule has 2 aliphatic rings. The summed E-state index contributed by atoms with van der Waals surface area (Å²) in [6.45, 7) is 0.293. The summed E-state index contributed by atoms with van der Waals surface area (Å²) in [7, 11) is 0. The van der Waals surface area contributed by atoms with E-state index in [2.05, 4.69) is 103 Å². The SMILES string of the molecule is OC[C@@H]1[C@@H]([Sn]([c]2ccccc2)([c]2ccccc2)[c]2ccccc2)[C@@H]2C=C[C@H]1C2. The molecule has 0 spiro atoms. The number of rotatable bonds is 5.